The molecule has 0 bridgehead atoms. The minimum atomic E-state index is 0. The van der Waals surface area contributed by atoms with Crippen molar-refractivity contribution in [1.82, 2.24) is 15.5 Å². The Labute approximate surface area is 200 Å². The third kappa shape index (κ3) is 7.10. The summed E-state index contributed by atoms with van der Waals surface area (Å²) in [6.07, 6.45) is 5.73. The quantitative estimate of drug-likeness (QED) is 0.335. The number of nitrogens with one attached hydrogen (secondary N) is 2. The van der Waals surface area contributed by atoms with Crippen LogP contribution in [0.15, 0.2) is 29.3 Å². The second-order valence-corrected chi connectivity index (χ2v) is 8.86. The number of hydrogen-bond acceptors (Lipinski definition) is 4. The molecular weight excluding hydrogens is 521 g/mol. The van der Waals surface area contributed by atoms with Gasteiger partial charge in [-0.15, -0.1) is 24.0 Å². The van der Waals surface area contributed by atoms with Crippen LogP contribution in [0.4, 0.5) is 5.69 Å². The fourth-order valence-corrected chi connectivity index (χ4v) is 4.73. The zero-order valence-corrected chi connectivity index (χ0v) is 21.0. The first kappa shape index (κ1) is 24.4. The third-order valence-corrected chi connectivity index (χ3v) is 6.86. The lowest BCUT2D eigenvalue weighted by molar-refractivity contribution is -0.130. The van der Waals surface area contributed by atoms with E-state index in [1.165, 1.54) is 6.42 Å². The number of rotatable bonds is 5. The van der Waals surface area contributed by atoms with Gasteiger partial charge in [-0.25, -0.2) is 0 Å². The van der Waals surface area contributed by atoms with E-state index in [0.717, 1.165) is 60.9 Å². The smallest absolute Gasteiger partial charge is 0.242 e. The Morgan fingerprint density at radius 1 is 1.21 bits per heavy atom. The molecule has 6 nitrogen and oxygen atoms in total. The number of halogens is 2. The fourth-order valence-electron chi connectivity index (χ4n) is 3.81. The van der Waals surface area contributed by atoms with Gasteiger partial charge in [0.2, 0.25) is 5.91 Å². The minimum Gasteiger partial charge on any atom is -0.368 e. The number of thioether (sulfide) groups is 1. The molecule has 29 heavy (non-hydrogen) atoms. The van der Waals surface area contributed by atoms with E-state index in [2.05, 4.69) is 26.8 Å². The molecule has 2 unspecified atom stereocenters. The molecule has 2 fully saturated rings. The van der Waals surface area contributed by atoms with Crippen LogP contribution < -0.4 is 15.5 Å². The van der Waals surface area contributed by atoms with Crippen molar-refractivity contribution in [2.75, 3.05) is 50.9 Å². The van der Waals surface area contributed by atoms with Crippen molar-refractivity contribution in [3.63, 3.8) is 0 Å². The van der Waals surface area contributed by atoms with Crippen LogP contribution in [0.5, 0.6) is 0 Å². The summed E-state index contributed by atoms with van der Waals surface area (Å²) in [7, 11) is 1.76. The van der Waals surface area contributed by atoms with Crippen molar-refractivity contribution >= 4 is 64.9 Å². The molecule has 2 atom stereocenters. The molecule has 162 valence electrons. The van der Waals surface area contributed by atoms with E-state index in [4.69, 9.17) is 11.6 Å². The molecule has 9 heteroatoms. The number of carbonyl (C=O) groups is 1. The van der Waals surface area contributed by atoms with Gasteiger partial charge in [0.15, 0.2) is 5.96 Å². The lowest BCUT2D eigenvalue weighted by Gasteiger charge is -2.36. The third-order valence-electron chi connectivity index (χ3n) is 5.51. The Morgan fingerprint density at radius 3 is 2.48 bits per heavy atom. The van der Waals surface area contributed by atoms with Gasteiger partial charge in [-0.05, 0) is 49.8 Å². The van der Waals surface area contributed by atoms with E-state index >= 15 is 0 Å². The van der Waals surface area contributed by atoms with E-state index in [0.29, 0.717) is 6.04 Å². The topological polar surface area (TPSA) is 60.0 Å². The molecule has 1 amide bonds. The number of benzene rings is 1. The highest BCUT2D eigenvalue weighted by Crippen LogP contribution is 2.28. The zero-order valence-electron chi connectivity index (χ0n) is 17.1. The summed E-state index contributed by atoms with van der Waals surface area (Å²) >= 11 is 7.90. The maximum absolute atomic E-state index is 12.6. The summed E-state index contributed by atoms with van der Waals surface area (Å²) in [5.74, 6) is 0.840. The molecule has 1 saturated carbocycles. The van der Waals surface area contributed by atoms with Gasteiger partial charge in [0, 0.05) is 55.2 Å². The molecule has 2 aliphatic rings. The molecule has 1 aromatic carbocycles. The van der Waals surface area contributed by atoms with Crippen LogP contribution >= 0.6 is 47.3 Å². The number of piperazine rings is 1. The molecule has 0 spiro atoms. The lowest BCUT2D eigenvalue weighted by atomic mass is 10.2. The van der Waals surface area contributed by atoms with Crippen LogP contribution in [-0.4, -0.2) is 74.1 Å². The highest BCUT2D eigenvalue weighted by Gasteiger charge is 2.25. The second-order valence-electron chi connectivity index (χ2n) is 7.28. The maximum atomic E-state index is 12.6. The van der Waals surface area contributed by atoms with Crippen LogP contribution in [0, 0.1) is 0 Å². The van der Waals surface area contributed by atoms with Crippen LogP contribution in [0.25, 0.3) is 0 Å². The Bertz CT molecular complexity index is 682. The van der Waals surface area contributed by atoms with Crippen molar-refractivity contribution in [1.29, 1.82) is 0 Å². The van der Waals surface area contributed by atoms with Gasteiger partial charge < -0.3 is 20.4 Å². The van der Waals surface area contributed by atoms with E-state index < -0.39 is 0 Å². The fraction of sp³-hybridized carbons (Fsp3) is 0.600. The molecule has 2 N–H and O–H groups in total. The second kappa shape index (κ2) is 12.1. The standard InChI is InChI=1S/C20H30ClN5OS.HI/c1-22-20(24-16-5-8-18(13-16)28-2)23-14-19(27)26-11-9-25(10-12-26)17-6-3-15(21)4-7-17;/h3-4,6-7,16,18H,5,8-14H2,1-2H3,(H2,22,23,24);1H. The Hall–Kier alpha value is -0.870. The number of aliphatic imine (C=N–C) groups is 1. The molecule has 1 aromatic rings. The summed E-state index contributed by atoms with van der Waals surface area (Å²) in [5, 5.41) is 8.12. The highest BCUT2D eigenvalue weighted by atomic mass is 127. The highest BCUT2D eigenvalue weighted by molar-refractivity contribution is 14.0. The van der Waals surface area contributed by atoms with Gasteiger partial charge in [0.1, 0.15) is 0 Å². The zero-order chi connectivity index (χ0) is 19.9. The molecule has 0 aromatic heterocycles. The van der Waals surface area contributed by atoms with E-state index in [1.807, 2.05) is 40.9 Å². The van der Waals surface area contributed by atoms with Gasteiger partial charge in [-0.2, -0.15) is 11.8 Å². The van der Waals surface area contributed by atoms with Crippen molar-refractivity contribution in [3.05, 3.63) is 29.3 Å². The van der Waals surface area contributed by atoms with Gasteiger partial charge >= 0.3 is 0 Å². The Morgan fingerprint density at radius 2 is 1.90 bits per heavy atom. The van der Waals surface area contributed by atoms with Crippen molar-refractivity contribution in [2.24, 2.45) is 4.99 Å². The monoisotopic (exact) mass is 551 g/mol. The SMILES string of the molecule is CN=C(NCC(=O)N1CCN(c2ccc(Cl)cc2)CC1)NC1CCC(SC)C1.I. The van der Waals surface area contributed by atoms with Crippen LogP contribution in [-0.2, 0) is 4.79 Å². The molecule has 1 aliphatic heterocycles. The van der Waals surface area contributed by atoms with Crippen molar-refractivity contribution in [3.8, 4) is 0 Å². The Kier molecular flexibility index (Phi) is 10.2. The molecule has 1 saturated heterocycles. The molecule has 1 heterocycles. The first-order chi connectivity index (χ1) is 13.6. The number of amides is 1. The van der Waals surface area contributed by atoms with Crippen molar-refractivity contribution in [2.45, 2.75) is 30.6 Å². The summed E-state index contributed by atoms with van der Waals surface area (Å²) in [6.45, 7) is 3.40. The number of guanidine groups is 1. The van der Waals surface area contributed by atoms with Crippen LogP contribution in [0.1, 0.15) is 19.3 Å². The average molecular weight is 552 g/mol. The number of anilines is 1. The van der Waals surface area contributed by atoms with Crippen molar-refractivity contribution < 1.29 is 4.79 Å². The van der Waals surface area contributed by atoms with E-state index in [-0.39, 0.29) is 36.4 Å². The summed E-state index contributed by atoms with van der Waals surface area (Å²) in [4.78, 5) is 21.1. The number of hydrogen-bond donors (Lipinski definition) is 2. The van der Waals surface area contributed by atoms with Gasteiger partial charge in [0.05, 0.1) is 6.54 Å². The minimum absolute atomic E-state index is 0. The van der Waals surface area contributed by atoms with Crippen LogP contribution in [0.2, 0.25) is 5.02 Å². The number of nitrogens with zero attached hydrogens (tertiary/aromatic N) is 3. The number of carbonyl (C=O) groups excluding carboxylic acids is 1. The molecule has 1 aliphatic carbocycles. The first-order valence-electron chi connectivity index (χ1n) is 9.87. The van der Waals surface area contributed by atoms with Gasteiger partial charge in [0.25, 0.3) is 0 Å². The molecule has 0 radical (unpaired) electrons. The summed E-state index contributed by atoms with van der Waals surface area (Å²) in [5.41, 5.74) is 1.15. The van der Waals surface area contributed by atoms with Gasteiger partial charge in [-0.1, -0.05) is 11.6 Å². The summed E-state index contributed by atoms with van der Waals surface area (Å²) < 4.78 is 0. The van der Waals surface area contributed by atoms with E-state index in [9.17, 15) is 4.79 Å². The van der Waals surface area contributed by atoms with E-state index in [1.54, 1.807) is 7.05 Å². The normalized spacial score (nSPS) is 22.2. The molecular formula is C20H31ClIN5OS. The predicted octanol–water partition coefficient (Wildman–Crippen LogP) is 3.06. The molecule has 3 rings (SSSR count). The van der Waals surface area contributed by atoms with Crippen LogP contribution in [0.3, 0.4) is 0 Å². The lowest BCUT2D eigenvalue weighted by Crippen LogP contribution is -2.52. The Balaban J connectivity index is 0.00000300. The largest absolute Gasteiger partial charge is 0.368 e. The average Bonchev–Trinajstić information content (AvgIpc) is 3.19. The predicted molar refractivity (Wildman–Crippen MR) is 135 cm³/mol. The maximum Gasteiger partial charge on any atom is 0.242 e. The van der Waals surface area contributed by atoms with Gasteiger partial charge in [-0.3, -0.25) is 9.79 Å². The summed E-state index contributed by atoms with van der Waals surface area (Å²) in [6, 6.07) is 8.32. The first-order valence-corrected chi connectivity index (χ1v) is 11.5.